The Kier molecular flexibility index (Phi) is 7.57. The monoisotopic (exact) mass is 478 g/mol. The fourth-order valence-corrected chi connectivity index (χ4v) is 5.21. The van der Waals surface area contributed by atoms with Crippen molar-refractivity contribution in [1.29, 1.82) is 0 Å². The maximum atomic E-state index is 12.4. The zero-order valence-electron chi connectivity index (χ0n) is 19.6. The molecule has 2 N–H and O–H groups in total. The lowest BCUT2D eigenvalue weighted by Crippen LogP contribution is -2.22. The molecule has 0 saturated heterocycles. The van der Waals surface area contributed by atoms with Crippen LogP contribution in [0.1, 0.15) is 63.1 Å². The molecule has 0 bridgehead atoms. The fourth-order valence-electron chi connectivity index (χ4n) is 4.23. The summed E-state index contributed by atoms with van der Waals surface area (Å²) < 4.78 is 0. The molecule has 0 unspecified atom stereocenters. The van der Waals surface area contributed by atoms with Gasteiger partial charge in [0.2, 0.25) is 0 Å². The number of aromatic nitrogens is 2. The van der Waals surface area contributed by atoms with Crippen molar-refractivity contribution in [2.24, 2.45) is 0 Å². The van der Waals surface area contributed by atoms with Gasteiger partial charge in [0.25, 0.3) is 5.91 Å². The Morgan fingerprint density at radius 2 is 1.97 bits per heavy atom. The number of hydrogen-bond donors (Lipinski definition) is 2. The maximum Gasteiger partial charge on any atom is 0.304 e. The second kappa shape index (κ2) is 10.8. The Hall–Kier alpha value is -3.26. The predicted molar refractivity (Wildman–Crippen MR) is 134 cm³/mol. The molecule has 8 heteroatoms. The molecule has 1 aromatic carbocycles. The summed E-state index contributed by atoms with van der Waals surface area (Å²) in [6.07, 6.45) is 4.76. The fraction of sp³-hybridized carbons (Fsp3) is 0.385. The summed E-state index contributed by atoms with van der Waals surface area (Å²) in [4.78, 5) is 35.0. The highest BCUT2D eigenvalue weighted by Crippen LogP contribution is 2.31. The first-order chi connectivity index (χ1) is 16.4. The number of pyridine rings is 1. The van der Waals surface area contributed by atoms with E-state index in [4.69, 9.17) is 9.97 Å². The van der Waals surface area contributed by atoms with E-state index in [9.17, 15) is 14.7 Å². The third kappa shape index (κ3) is 5.80. The molecule has 2 aromatic heterocycles. The Balaban J connectivity index is 1.44. The molecule has 7 nitrogen and oxygen atoms in total. The van der Waals surface area contributed by atoms with Crippen LogP contribution >= 0.6 is 11.3 Å². The van der Waals surface area contributed by atoms with Gasteiger partial charge in [-0.1, -0.05) is 18.2 Å². The van der Waals surface area contributed by atoms with Gasteiger partial charge in [-0.15, -0.1) is 11.3 Å². The molecule has 178 valence electrons. The highest BCUT2D eigenvalue weighted by Gasteiger charge is 2.23. The Morgan fingerprint density at radius 3 is 2.76 bits per heavy atom. The molecule has 1 aliphatic rings. The molecular formula is C26H30N4O3S. The van der Waals surface area contributed by atoms with E-state index in [-0.39, 0.29) is 18.2 Å². The standard InChI is InChI=1S/C26H30N4O3S/c1-30(2)26(33)19-7-3-6-18(14-19)22(15-23(31)32)25-29-21(16-34-25)10-4-9-20-12-11-17-8-5-13-27-24(17)28-20/h3,6-7,11-12,14,16,22H,4-5,8-10,13,15H2,1-2H3,(H,27,28)(H,31,32)/t22-/m1/s1. The molecule has 0 fully saturated rings. The summed E-state index contributed by atoms with van der Waals surface area (Å²) in [5.41, 5.74) is 4.67. The van der Waals surface area contributed by atoms with Crippen LogP contribution in [-0.4, -0.2) is 52.5 Å². The highest BCUT2D eigenvalue weighted by atomic mass is 32.1. The minimum Gasteiger partial charge on any atom is -0.481 e. The van der Waals surface area contributed by atoms with Gasteiger partial charge in [0, 0.05) is 43.2 Å². The number of amides is 1. The molecule has 1 amide bonds. The molecule has 0 spiro atoms. The Morgan fingerprint density at radius 1 is 1.15 bits per heavy atom. The largest absolute Gasteiger partial charge is 0.481 e. The van der Waals surface area contributed by atoms with E-state index in [0.29, 0.717) is 5.56 Å². The van der Waals surface area contributed by atoms with Crippen LogP contribution in [-0.2, 0) is 24.1 Å². The molecule has 4 rings (SSSR count). The summed E-state index contributed by atoms with van der Waals surface area (Å²) in [6, 6.07) is 11.5. The maximum absolute atomic E-state index is 12.4. The number of aryl methyl sites for hydroxylation is 3. The van der Waals surface area contributed by atoms with Crippen LogP contribution in [0.25, 0.3) is 0 Å². The lowest BCUT2D eigenvalue weighted by Gasteiger charge is -2.17. The minimum atomic E-state index is -0.891. The molecule has 0 saturated carbocycles. The van der Waals surface area contributed by atoms with Crippen molar-refractivity contribution >= 4 is 29.0 Å². The van der Waals surface area contributed by atoms with E-state index >= 15 is 0 Å². The molecule has 34 heavy (non-hydrogen) atoms. The summed E-state index contributed by atoms with van der Waals surface area (Å²) in [7, 11) is 3.40. The number of carbonyl (C=O) groups excluding carboxylic acids is 1. The second-order valence-corrected chi connectivity index (χ2v) is 9.74. The van der Waals surface area contributed by atoms with Crippen molar-refractivity contribution in [3.05, 3.63) is 74.9 Å². The summed E-state index contributed by atoms with van der Waals surface area (Å²) in [5.74, 6) is -0.370. The summed E-state index contributed by atoms with van der Waals surface area (Å²) >= 11 is 1.48. The number of carboxylic acid groups (broad SMARTS) is 1. The average molecular weight is 479 g/mol. The van der Waals surface area contributed by atoms with Crippen LogP contribution in [0.4, 0.5) is 5.82 Å². The summed E-state index contributed by atoms with van der Waals surface area (Å²) in [5, 5.41) is 15.7. The number of carboxylic acids is 1. The van der Waals surface area contributed by atoms with Crippen molar-refractivity contribution < 1.29 is 14.7 Å². The zero-order chi connectivity index (χ0) is 24.1. The van der Waals surface area contributed by atoms with E-state index in [1.807, 2.05) is 11.4 Å². The van der Waals surface area contributed by atoms with Crippen LogP contribution in [0.15, 0.2) is 41.8 Å². The number of fused-ring (bicyclic) bond motifs is 1. The predicted octanol–water partition coefficient (Wildman–Crippen LogP) is 4.38. The van der Waals surface area contributed by atoms with Gasteiger partial charge in [0.15, 0.2) is 0 Å². The highest BCUT2D eigenvalue weighted by molar-refractivity contribution is 7.09. The molecule has 0 radical (unpaired) electrons. The number of hydrogen-bond acceptors (Lipinski definition) is 6. The van der Waals surface area contributed by atoms with Crippen molar-refractivity contribution in [3.8, 4) is 0 Å². The number of carbonyl (C=O) groups is 2. The van der Waals surface area contributed by atoms with Crippen molar-refractivity contribution in [3.63, 3.8) is 0 Å². The number of nitrogens with zero attached hydrogens (tertiary/aromatic N) is 3. The van der Waals surface area contributed by atoms with Gasteiger partial charge < -0.3 is 15.3 Å². The number of nitrogens with one attached hydrogen (secondary N) is 1. The molecule has 1 atom stereocenters. The zero-order valence-corrected chi connectivity index (χ0v) is 20.4. The first kappa shape index (κ1) is 23.9. The van der Waals surface area contributed by atoms with E-state index in [2.05, 4.69) is 17.4 Å². The summed E-state index contributed by atoms with van der Waals surface area (Å²) in [6.45, 7) is 0.981. The van der Waals surface area contributed by atoms with Gasteiger partial charge in [0.05, 0.1) is 12.1 Å². The number of thiazole rings is 1. The van der Waals surface area contributed by atoms with E-state index < -0.39 is 5.97 Å². The van der Waals surface area contributed by atoms with E-state index in [1.165, 1.54) is 21.8 Å². The smallest absolute Gasteiger partial charge is 0.304 e. The average Bonchev–Trinajstić information content (AvgIpc) is 3.30. The van der Waals surface area contributed by atoms with Crippen molar-refractivity contribution in [1.82, 2.24) is 14.9 Å². The number of aliphatic carboxylic acids is 1. The van der Waals surface area contributed by atoms with Gasteiger partial charge in [-0.3, -0.25) is 9.59 Å². The molecule has 3 heterocycles. The lowest BCUT2D eigenvalue weighted by atomic mass is 9.94. The molecule has 1 aliphatic heterocycles. The quantitative estimate of drug-likeness (QED) is 0.474. The van der Waals surface area contributed by atoms with Gasteiger partial charge in [-0.25, -0.2) is 9.97 Å². The minimum absolute atomic E-state index is 0.0708. The Bertz CT molecular complexity index is 1170. The van der Waals surface area contributed by atoms with Crippen LogP contribution in [0, 0.1) is 0 Å². The van der Waals surface area contributed by atoms with Gasteiger partial charge in [-0.05, 0) is 61.4 Å². The third-order valence-corrected chi connectivity index (χ3v) is 7.01. The SMILES string of the molecule is CN(C)C(=O)c1cccc([C@@H](CC(=O)O)c2nc(CCCc3ccc4c(n3)NCCC4)cs2)c1. The first-order valence-electron chi connectivity index (χ1n) is 11.6. The lowest BCUT2D eigenvalue weighted by molar-refractivity contribution is -0.137. The van der Waals surface area contributed by atoms with E-state index in [0.717, 1.165) is 66.4 Å². The Labute approximate surface area is 203 Å². The van der Waals surface area contributed by atoms with Crippen molar-refractivity contribution in [2.45, 2.75) is 44.4 Å². The van der Waals surface area contributed by atoms with Crippen molar-refractivity contribution in [2.75, 3.05) is 26.0 Å². The van der Waals surface area contributed by atoms with Gasteiger partial charge >= 0.3 is 5.97 Å². The normalized spacial score (nSPS) is 13.6. The molecule has 3 aromatic rings. The number of anilines is 1. The van der Waals surface area contributed by atoms with Crippen LogP contribution in [0.3, 0.4) is 0 Å². The topological polar surface area (TPSA) is 95.4 Å². The van der Waals surface area contributed by atoms with Crippen LogP contribution in [0.5, 0.6) is 0 Å². The molecule has 0 aliphatic carbocycles. The number of rotatable bonds is 9. The third-order valence-electron chi connectivity index (χ3n) is 6.01. The van der Waals surface area contributed by atoms with Crippen LogP contribution < -0.4 is 5.32 Å². The number of benzene rings is 1. The second-order valence-electron chi connectivity index (χ2n) is 8.85. The van der Waals surface area contributed by atoms with Crippen LogP contribution in [0.2, 0.25) is 0 Å². The van der Waals surface area contributed by atoms with Gasteiger partial charge in [-0.2, -0.15) is 0 Å². The first-order valence-corrected chi connectivity index (χ1v) is 12.5. The van der Waals surface area contributed by atoms with E-state index in [1.54, 1.807) is 32.3 Å². The van der Waals surface area contributed by atoms with Gasteiger partial charge in [0.1, 0.15) is 10.8 Å². The molecular weight excluding hydrogens is 448 g/mol.